The van der Waals surface area contributed by atoms with E-state index in [1.54, 1.807) is 0 Å². The number of aryl methyl sites for hydroxylation is 1. The Morgan fingerprint density at radius 2 is 1.30 bits per heavy atom. The first-order valence-electron chi connectivity index (χ1n) is 7.82. The summed E-state index contributed by atoms with van der Waals surface area (Å²) in [6.45, 7) is 4.67. The molecule has 20 heavy (non-hydrogen) atoms. The van der Waals surface area contributed by atoms with E-state index in [0.717, 1.165) is 11.8 Å². The lowest BCUT2D eigenvalue weighted by Gasteiger charge is -2.19. The summed E-state index contributed by atoms with van der Waals surface area (Å²) < 4.78 is 0. The molecule has 2 aromatic rings. The maximum absolute atomic E-state index is 2.33. The van der Waals surface area contributed by atoms with Crippen molar-refractivity contribution in [1.29, 1.82) is 0 Å². The van der Waals surface area contributed by atoms with E-state index in [1.807, 2.05) is 0 Å². The zero-order valence-electron chi connectivity index (χ0n) is 12.8. The highest BCUT2D eigenvalue weighted by atomic mass is 14.2. The average molecular weight is 266 g/mol. The third-order valence-electron chi connectivity index (χ3n) is 3.86. The van der Waals surface area contributed by atoms with Crippen LogP contribution in [0.15, 0.2) is 60.7 Å². The van der Waals surface area contributed by atoms with Gasteiger partial charge in [0.05, 0.1) is 0 Å². The molecule has 0 aliphatic rings. The summed E-state index contributed by atoms with van der Waals surface area (Å²) in [5, 5.41) is 0. The standard InChI is InChI=1S/C20H26/c1-17(2)15-20(16-19-11-7-4-8-12-19)14-13-18-9-5-3-6-10-18/h3-12,17,20H,13-16H2,1-2H3. The van der Waals surface area contributed by atoms with Crippen molar-refractivity contribution in [2.75, 3.05) is 0 Å². The fourth-order valence-electron chi connectivity index (χ4n) is 2.93. The lowest BCUT2D eigenvalue weighted by atomic mass is 9.86. The molecule has 1 atom stereocenters. The van der Waals surface area contributed by atoms with Crippen molar-refractivity contribution in [1.82, 2.24) is 0 Å². The zero-order valence-corrected chi connectivity index (χ0v) is 12.8. The Labute approximate surface area is 123 Å². The van der Waals surface area contributed by atoms with Crippen LogP contribution in [0.4, 0.5) is 0 Å². The van der Waals surface area contributed by atoms with Gasteiger partial charge in [0.25, 0.3) is 0 Å². The van der Waals surface area contributed by atoms with Gasteiger partial charge in [-0.2, -0.15) is 0 Å². The Kier molecular flexibility index (Phi) is 5.86. The first kappa shape index (κ1) is 14.8. The minimum absolute atomic E-state index is 0.777. The lowest BCUT2D eigenvalue weighted by Crippen LogP contribution is -2.09. The van der Waals surface area contributed by atoms with E-state index < -0.39 is 0 Å². The third kappa shape index (κ3) is 5.21. The molecule has 2 aromatic carbocycles. The lowest BCUT2D eigenvalue weighted by molar-refractivity contribution is 0.384. The summed E-state index contributed by atoms with van der Waals surface area (Å²) in [6.07, 6.45) is 5.02. The Bertz CT molecular complexity index is 470. The number of rotatable bonds is 7. The molecule has 1 unspecified atom stereocenters. The summed E-state index contributed by atoms with van der Waals surface area (Å²) in [5.74, 6) is 1.57. The summed E-state index contributed by atoms with van der Waals surface area (Å²) in [4.78, 5) is 0. The molecule has 106 valence electrons. The molecule has 0 aliphatic carbocycles. The smallest absolute Gasteiger partial charge is 0.0250 e. The van der Waals surface area contributed by atoms with Crippen LogP contribution in [0.1, 0.15) is 37.8 Å². The molecule has 0 saturated heterocycles. The Hall–Kier alpha value is -1.56. The highest BCUT2D eigenvalue weighted by molar-refractivity contribution is 5.16. The van der Waals surface area contributed by atoms with Crippen LogP contribution < -0.4 is 0 Å². The Morgan fingerprint density at radius 1 is 0.750 bits per heavy atom. The first-order chi connectivity index (χ1) is 9.74. The number of benzene rings is 2. The fourth-order valence-corrected chi connectivity index (χ4v) is 2.93. The van der Waals surface area contributed by atoms with Crippen molar-refractivity contribution in [3.8, 4) is 0 Å². The van der Waals surface area contributed by atoms with Crippen molar-refractivity contribution >= 4 is 0 Å². The minimum atomic E-state index is 0.777. The van der Waals surface area contributed by atoms with Gasteiger partial charge in [-0.15, -0.1) is 0 Å². The molecule has 0 heteroatoms. The van der Waals surface area contributed by atoms with Gasteiger partial charge in [-0.1, -0.05) is 74.5 Å². The maximum Gasteiger partial charge on any atom is -0.0250 e. The molecule has 0 saturated carbocycles. The van der Waals surface area contributed by atoms with Crippen LogP contribution in [0.2, 0.25) is 0 Å². The summed E-state index contributed by atoms with van der Waals surface area (Å²) >= 11 is 0. The maximum atomic E-state index is 2.33. The number of hydrogen-bond acceptors (Lipinski definition) is 0. The van der Waals surface area contributed by atoms with E-state index >= 15 is 0 Å². The summed E-state index contributed by atoms with van der Waals surface area (Å²) in [5.41, 5.74) is 2.94. The molecule has 0 radical (unpaired) electrons. The normalized spacial score (nSPS) is 12.6. The monoisotopic (exact) mass is 266 g/mol. The van der Waals surface area contributed by atoms with Gasteiger partial charge in [-0.05, 0) is 48.6 Å². The Morgan fingerprint density at radius 3 is 1.85 bits per heavy atom. The molecular formula is C20H26. The van der Waals surface area contributed by atoms with Crippen LogP contribution in [0, 0.1) is 11.8 Å². The van der Waals surface area contributed by atoms with E-state index in [-0.39, 0.29) is 0 Å². The van der Waals surface area contributed by atoms with Crippen molar-refractivity contribution < 1.29 is 0 Å². The van der Waals surface area contributed by atoms with Gasteiger partial charge in [0.2, 0.25) is 0 Å². The van der Waals surface area contributed by atoms with Gasteiger partial charge in [0.1, 0.15) is 0 Å². The van der Waals surface area contributed by atoms with Gasteiger partial charge in [-0.25, -0.2) is 0 Å². The zero-order chi connectivity index (χ0) is 14.2. The molecule has 0 amide bonds. The minimum Gasteiger partial charge on any atom is -0.0628 e. The molecule has 0 bridgehead atoms. The van der Waals surface area contributed by atoms with Gasteiger partial charge < -0.3 is 0 Å². The van der Waals surface area contributed by atoms with Crippen LogP contribution in [0.25, 0.3) is 0 Å². The van der Waals surface area contributed by atoms with E-state index in [1.165, 1.54) is 36.8 Å². The summed E-state index contributed by atoms with van der Waals surface area (Å²) in [6, 6.07) is 21.8. The van der Waals surface area contributed by atoms with E-state index in [0.29, 0.717) is 0 Å². The van der Waals surface area contributed by atoms with Crippen LogP contribution in [0.5, 0.6) is 0 Å². The second-order valence-electron chi connectivity index (χ2n) is 6.21. The van der Waals surface area contributed by atoms with Crippen LogP contribution in [0.3, 0.4) is 0 Å². The van der Waals surface area contributed by atoms with Crippen LogP contribution in [-0.4, -0.2) is 0 Å². The van der Waals surface area contributed by atoms with Crippen molar-refractivity contribution in [2.24, 2.45) is 11.8 Å². The van der Waals surface area contributed by atoms with Crippen LogP contribution >= 0.6 is 0 Å². The fraction of sp³-hybridized carbons (Fsp3) is 0.400. The molecule has 0 aromatic heterocycles. The molecule has 0 fully saturated rings. The molecule has 0 aliphatic heterocycles. The second-order valence-corrected chi connectivity index (χ2v) is 6.21. The molecule has 0 spiro atoms. The topological polar surface area (TPSA) is 0 Å². The molecule has 2 rings (SSSR count). The van der Waals surface area contributed by atoms with Crippen molar-refractivity contribution in [3.63, 3.8) is 0 Å². The third-order valence-corrected chi connectivity index (χ3v) is 3.86. The molecular weight excluding hydrogens is 240 g/mol. The van der Waals surface area contributed by atoms with Gasteiger partial charge >= 0.3 is 0 Å². The predicted molar refractivity (Wildman–Crippen MR) is 87.9 cm³/mol. The van der Waals surface area contributed by atoms with Gasteiger partial charge in [-0.3, -0.25) is 0 Å². The predicted octanol–water partition coefficient (Wildman–Crippen LogP) is 5.52. The Balaban J connectivity index is 1.93. The SMILES string of the molecule is CC(C)CC(CCc1ccccc1)Cc1ccccc1. The van der Waals surface area contributed by atoms with Gasteiger partial charge in [0, 0.05) is 0 Å². The molecule has 0 heterocycles. The van der Waals surface area contributed by atoms with Crippen molar-refractivity contribution in [3.05, 3.63) is 71.8 Å². The largest absolute Gasteiger partial charge is 0.0628 e. The van der Waals surface area contributed by atoms with Crippen molar-refractivity contribution in [2.45, 2.75) is 39.5 Å². The van der Waals surface area contributed by atoms with Gasteiger partial charge in [0.15, 0.2) is 0 Å². The summed E-state index contributed by atoms with van der Waals surface area (Å²) in [7, 11) is 0. The highest BCUT2D eigenvalue weighted by Gasteiger charge is 2.12. The molecule has 0 nitrogen and oxygen atoms in total. The van der Waals surface area contributed by atoms with E-state index in [4.69, 9.17) is 0 Å². The van der Waals surface area contributed by atoms with E-state index in [2.05, 4.69) is 74.5 Å². The number of hydrogen-bond donors (Lipinski definition) is 0. The quantitative estimate of drug-likeness (QED) is 0.618. The van der Waals surface area contributed by atoms with Crippen LogP contribution in [-0.2, 0) is 12.8 Å². The molecule has 0 N–H and O–H groups in total. The van der Waals surface area contributed by atoms with E-state index in [9.17, 15) is 0 Å². The second kappa shape index (κ2) is 7.89. The highest BCUT2D eigenvalue weighted by Crippen LogP contribution is 2.22. The first-order valence-corrected chi connectivity index (χ1v) is 7.82. The average Bonchev–Trinajstić information content (AvgIpc) is 2.46.